The van der Waals surface area contributed by atoms with Gasteiger partial charge in [0.25, 0.3) is 0 Å². The predicted octanol–water partition coefficient (Wildman–Crippen LogP) is -1.07. The van der Waals surface area contributed by atoms with Gasteiger partial charge in [0.15, 0.2) is 0 Å². The molecule has 1 aliphatic rings. The first-order valence-electron chi connectivity index (χ1n) is 4.11. The highest BCUT2D eigenvalue weighted by Crippen LogP contribution is 2.28. The Balaban J connectivity index is 2.57. The zero-order valence-corrected chi connectivity index (χ0v) is 6.76. The van der Waals surface area contributed by atoms with Gasteiger partial charge in [0.1, 0.15) is 6.29 Å². The van der Waals surface area contributed by atoms with Crippen molar-refractivity contribution in [3.8, 4) is 0 Å². The van der Waals surface area contributed by atoms with E-state index in [0.717, 1.165) is 6.29 Å². The van der Waals surface area contributed by atoms with Gasteiger partial charge in [-0.2, -0.15) is 0 Å². The summed E-state index contributed by atoms with van der Waals surface area (Å²) in [4.78, 5) is 10.5. The fraction of sp³-hybridized carbons (Fsp3) is 0.875. The number of hydrogen-bond donors (Lipinski definition) is 3. The summed E-state index contributed by atoms with van der Waals surface area (Å²) in [7, 11) is 0. The van der Waals surface area contributed by atoms with Gasteiger partial charge in [0.2, 0.25) is 0 Å². The molecule has 4 nitrogen and oxygen atoms in total. The summed E-state index contributed by atoms with van der Waals surface area (Å²) in [5.41, 5.74) is 0. The van der Waals surface area contributed by atoms with E-state index in [2.05, 4.69) is 0 Å². The molecule has 0 spiro atoms. The molecule has 1 rings (SSSR count). The average molecular weight is 174 g/mol. The number of carbonyl (C=O) groups excluding carboxylic acids is 1. The SMILES string of the molecule is O=C[C@@H]1CC(O)C(O)C[C@@H]1CO. The minimum absolute atomic E-state index is 0.104. The van der Waals surface area contributed by atoms with Crippen molar-refractivity contribution in [3.63, 3.8) is 0 Å². The number of aldehydes is 1. The maximum atomic E-state index is 10.5. The maximum absolute atomic E-state index is 10.5. The van der Waals surface area contributed by atoms with Gasteiger partial charge in [0.05, 0.1) is 12.2 Å². The topological polar surface area (TPSA) is 77.8 Å². The molecule has 2 unspecified atom stereocenters. The Bertz CT molecular complexity index is 159. The summed E-state index contributed by atoms with van der Waals surface area (Å²) >= 11 is 0. The van der Waals surface area contributed by atoms with E-state index >= 15 is 0 Å². The van der Waals surface area contributed by atoms with Gasteiger partial charge < -0.3 is 20.1 Å². The second-order valence-electron chi connectivity index (χ2n) is 3.35. The molecular formula is C8H14O4. The third-order valence-corrected chi connectivity index (χ3v) is 2.52. The Morgan fingerprint density at radius 3 is 2.33 bits per heavy atom. The highest BCUT2D eigenvalue weighted by Gasteiger charge is 2.34. The summed E-state index contributed by atoms with van der Waals surface area (Å²) in [6.45, 7) is -0.104. The van der Waals surface area contributed by atoms with Crippen LogP contribution in [0.4, 0.5) is 0 Å². The van der Waals surface area contributed by atoms with Crippen LogP contribution in [0.15, 0.2) is 0 Å². The minimum Gasteiger partial charge on any atom is -0.396 e. The Morgan fingerprint density at radius 1 is 1.25 bits per heavy atom. The van der Waals surface area contributed by atoms with Crippen LogP contribution in [0.3, 0.4) is 0 Å². The van der Waals surface area contributed by atoms with Crippen molar-refractivity contribution in [1.82, 2.24) is 0 Å². The molecule has 1 saturated carbocycles. The second kappa shape index (κ2) is 3.98. The van der Waals surface area contributed by atoms with Gasteiger partial charge in [0, 0.05) is 12.5 Å². The molecule has 0 aromatic rings. The van der Waals surface area contributed by atoms with Crippen molar-refractivity contribution in [2.75, 3.05) is 6.61 Å². The monoisotopic (exact) mass is 174 g/mol. The molecule has 0 saturated heterocycles. The maximum Gasteiger partial charge on any atom is 0.123 e. The van der Waals surface area contributed by atoms with Crippen molar-refractivity contribution in [2.45, 2.75) is 25.0 Å². The molecule has 1 fully saturated rings. The van der Waals surface area contributed by atoms with E-state index in [1.54, 1.807) is 0 Å². The molecule has 0 bridgehead atoms. The third kappa shape index (κ3) is 1.83. The highest BCUT2D eigenvalue weighted by atomic mass is 16.3. The minimum atomic E-state index is -0.817. The van der Waals surface area contributed by atoms with Gasteiger partial charge in [-0.25, -0.2) is 0 Å². The first-order chi connectivity index (χ1) is 5.69. The molecule has 0 heterocycles. The summed E-state index contributed by atoms with van der Waals surface area (Å²) in [5, 5.41) is 27.3. The lowest BCUT2D eigenvalue weighted by molar-refractivity contribution is -0.120. The van der Waals surface area contributed by atoms with Gasteiger partial charge >= 0.3 is 0 Å². The van der Waals surface area contributed by atoms with Gasteiger partial charge in [-0.1, -0.05) is 0 Å². The number of aliphatic hydroxyl groups is 3. The normalized spacial score (nSPS) is 42.6. The Hall–Kier alpha value is -0.450. The lowest BCUT2D eigenvalue weighted by Gasteiger charge is -2.33. The highest BCUT2D eigenvalue weighted by molar-refractivity contribution is 5.54. The van der Waals surface area contributed by atoms with Crippen LogP contribution in [-0.2, 0) is 4.79 Å². The molecule has 4 heteroatoms. The van der Waals surface area contributed by atoms with E-state index in [9.17, 15) is 15.0 Å². The first kappa shape index (κ1) is 9.64. The van der Waals surface area contributed by atoms with Crippen molar-refractivity contribution in [3.05, 3.63) is 0 Å². The van der Waals surface area contributed by atoms with Crippen LogP contribution in [0.2, 0.25) is 0 Å². The molecule has 3 N–H and O–H groups in total. The lowest BCUT2D eigenvalue weighted by Crippen LogP contribution is -2.40. The Kier molecular flexibility index (Phi) is 3.20. The van der Waals surface area contributed by atoms with Gasteiger partial charge in [-0.05, 0) is 18.8 Å². The number of aliphatic hydroxyl groups excluding tert-OH is 3. The van der Waals surface area contributed by atoms with E-state index in [-0.39, 0.29) is 24.9 Å². The molecule has 0 amide bonds. The summed E-state index contributed by atoms with van der Waals surface area (Å²) < 4.78 is 0. The molecular weight excluding hydrogens is 160 g/mol. The summed E-state index contributed by atoms with van der Waals surface area (Å²) in [6, 6.07) is 0. The lowest BCUT2D eigenvalue weighted by atomic mass is 9.78. The van der Waals surface area contributed by atoms with Crippen LogP contribution < -0.4 is 0 Å². The predicted molar refractivity (Wildman–Crippen MR) is 41.4 cm³/mol. The van der Waals surface area contributed by atoms with E-state index in [1.807, 2.05) is 0 Å². The van der Waals surface area contributed by atoms with Crippen LogP contribution >= 0.6 is 0 Å². The smallest absolute Gasteiger partial charge is 0.123 e. The zero-order valence-electron chi connectivity index (χ0n) is 6.76. The van der Waals surface area contributed by atoms with Crippen LogP contribution in [0.25, 0.3) is 0 Å². The van der Waals surface area contributed by atoms with Crippen LogP contribution in [0.5, 0.6) is 0 Å². The fourth-order valence-corrected chi connectivity index (χ4v) is 1.65. The summed E-state index contributed by atoms with van der Waals surface area (Å²) in [5.74, 6) is -0.505. The molecule has 1 aliphatic carbocycles. The largest absolute Gasteiger partial charge is 0.396 e. The van der Waals surface area contributed by atoms with Crippen molar-refractivity contribution < 1.29 is 20.1 Å². The van der Waals surface area contributed by atoms with Crippen molar-refractivity contribution >= 4 is 6.29 Å². The third-order valence-electron chi connectivity index (χ3n) is 2.52. The summed E-state index contributed by atoms with van der Waals surface area (Å²) in [6.07, 6.45) is -0.297. The Labute approximate surface area is 70.8 Å². The van der Waals surface area contributed by atoms with E-state index in [0.29, 0.717) is 6.42 Å². The van der Waals surface area contributed by atoms with Crippen molar-refractivity contribution in [2.24, 2.45) is 11.8 Å². The van der Waals surface area contributed by atoms with Crippen LogP contribution in [0, 0.1) is 11.8 Å². The van der Waals surface area contributed by atoms with E-state index in [4.69, 9.17) is 5.11 Å². The van der Waals surface area contributed by atoms with E-state index in [1.165, 1.54) is 0 Å². The standard InChI is InChI=1S/C8H14O4/c9-3-5-1-7(11)8(12)2-6(5)4-10/h3,5-8,10-12H,1-2,4H2/t5-,6+,7?,8?/m0/s1. The quantitative estimate of drug-likeness (QED) is 0.466. The molecule has 70 valence electrons. The van der Waals surface area contributed by atoms with Crippen molar-refractivity contribution in [1.29, 1.82) is 0 Å². The van der Waals surface area contributed by atoms with Crippen LogP contribution in [0.1, 0.15) is 12.8 Å². The number of hydrogen-bond acceptors (Lipinski definition) is 4. The Morgan fingerprint density at radius 2 is 1.83 bits per heavy atom. The first-order valence-corrected chi connectivity index (χ1v) is 4.11. The zero-order chi connectivity index (χ0) is 9.14. The molecule has 0 aliphatic heterocycles. The van der Waals surface area contributed by atoms with Gasteiger partial charge in [-0.15, -0.1) is 0 Å². The number of rotatable bonds is 2. The fourth-order valence-electron chi connectivity index (χ4n) is 1.65. The molecule has 0 aromatic carbocycles. The average Bonchev–Trinajstić information content (AvgIpc) is 2.09. The molecule has 0 radical (unpaired) electrons. The van der Waals surface area contributed by atoms with E-state index < -0.39 is 12.2 Å². The molecule has 0 aromatic heterocycles. The second-order valence-corrected chi connectivity index (χ2v) is 3.35. The van der Waals surface area contributed by atoms with Gasteiger partial charge in [-0.3, -0.25) is 0 Å². The number of carbonyl (C=O) groups is 1. The van der Waals surface area contributed by atoms with Crippen LogP contribution in [-0.4, -0.2) is 40.4 Å². The molecule has 4 atom stereocenters. The molecule has 12 heavy (non-hydrogen) atoms.